The molecule has 2 fully saturated rings. The highest BCUT2D eigenvalue weighted by Gasteiger charge is 2.77. The number of hydrogen-bond acceptors (Lipinski definition) is 5. The van der Waals surface area contributed by atoms with E-state index in [2.05, 4.69) is 36.6 Å². The van der Waals surface area contributed by atoms with E-state index in [-0.39, 0.29) is 11.8 Å². The Bertz CT molecular complexity index is 1240. The fourth-order valence-electron chi connectivity index (χ4n) is 8.35. The molecule has 5 heteroatoms. The van der Waals surface area contributed by atoms with E-state index in [0.29, 0.717) is 37.2 Å². The molecule has 2 unspecified atom stereocenters. The van der Waals surface area contributed by atoms with Crippen LogP contribution in [0.3, 0.4) is 0 Å². The fourth-order valence-corrected chi connectivity index (χ4v) is 8.35. The molecule has 5 aliphatic rings. The van der Waals surface area contributed by atoms with Crippen LogP contribution < -0.4 is 9.47 Å². The Hall–Kier alpha value is -2.63. The summed E-state index contributed by atoms with van der Waals surface area (Å²) in [7, 11) is 1.64. The molecule has 0 aromatic heterocycles. The molecule has 1 N–H and O–H groups in total. The minimum absolute atomic E-state index is 0.0791. The minimum atomic E-state index is -1.06. The van der Waals surface area contributed by atoms with E-state index in [9.17, 15) is 9.90 Å². The lowest BCUT2D eigenvalue weighted by Gasteiger charge is -2.65. The number of piperidine rings is 1. The van der Waals surface area contributed by atoms with Crippen molar-refractivity contribution in [1.82, 2.24) is 4.90 Å². The first-order valence-corrected chi connectivity index (χ1v) is 12.4. The number of likely N-dealkylation sites (tertiary alicyclic amines) is 1. The van der Waals surface area contributed by atoms with Gasteiger partial charge in [-0.3, -0.25) is 9.69 Å². The molecule has 2 spiro atoms. The van der Waals surface area contributed by atoms with Crippen LogP contribution in [-0.4, -0.2) is 53.7 Å². The van der Waals surface area contributed by atoms with Crippen LogP contribution in [-0.2, 0) is 29.5 Å². The number of ether oxygens (including phenoxy) is 2. The van der Waals surface area contributed by atoms with Gasteiger partial charge in [-0.15, -0.1) is 0 Å². The number of benzene rings is 2. The Morgan fingerprint density at radius 2 is 1.94 bits per heavy atom. The summed E-state index contributed by atoms with van der Waals surface area (Å²) in [5.41, 5.74) is 3.33. The van der Waals surface area contributed by atoms with E-state index >= 15 is 0 Å². The Labute approximate surface area is 200 Å². The van der Waals surface area contributed by atoms with Gasteiger partial charge >= 0.3 is 0 Å². The number of carbonyl (C=O) groups excluding carboxylic acids is 1. The van der Waals surface area contributed by atoms with Crippen molar-refractivity contribution in [3.8, 4) is 11.5 Å². The van der Waals surface area contributed by atoms with Gasteiger partial charge in [0.1, 0.15) is 0 Å². The maximum Gasteiger partial charge on any atom is 0.181 e. The Morgan fingerprint density at radius 3 is 2.62 bits per heavy atom. The zero-order chi connectivity index (χ0) is 23.5. The van der Waals surface area contributed by atoms with Crippen molar-refractivity contribution < 1.29 is 19.4 Å². The summed E-state index contributed by atoms with van der Waals surface area (Å²) in [6, 6.07) is 12.3. The summed E-state index contributed by atoms with van der Waals surface area (Å²) in [6.07, 6.45) is 2.58. The quantitative estimate of drug-likeness (QED) is 0.716. The summed E-state index contributed by atoms with van der Waals surface area (Å²) in [5.74, 6) is 1.49. The van der Waals surface area contributed by atoms with Gasteiger partial charge in [-0.2, -0.15) is 0 Å². The van der Waals surface area contributed by atoms with Crippen LogP contribution >= 0.6 is 0 Å². The second kappa shape index (κ2) is 6.52. The zero-order valence-electron chi connectivity index (χ0n) is 19.9. The van der Waals surface area contributed by atoms with Crippen LogP contribution in [0.15, 0.2) is 48.6 Å². The second-order valence-electron chi connectivity index (χ2n) is 11.4. The number of ketones is 1. The first kappa shape index (κ1) is 20.7. The highest BCUT2D eigenvalue weighted by Crippen LogP contribution is 2.68. The molecule has 0 radical (unpaired) electrons. The normalized spacial score (nSPS) is 33.9. The van der Waals surface area contributed by atoms with Crippen molar-refractivity contribution in [3.05, 3.63) is 70.8 Å². The molecule has 2 aromatic rings. The van der Waals surface area contributed by atoms with Gasteiger partial charge in [0.15, 0.2) is 23.4 Å². The lowest BCUT2D eigenvalue weighted by atomic mass is 9.44. The van der Waals surface area contributed by atoms with Crippen molar-refractivity contribution in [1.29, 1.82) is 0 Å². The largest absolute Gasteiger partial charge is 0.493 e. The number of methoxy groups -OCH3 is 1. The monoisotopic (exact) mass is 457 g/mol. The molecule has 2 heterocycles. The van der Waals surface area contributed by atoms with Crippen LogP contribution in [0, 0.1) is 5.41 Å². The molecule has 176 valence electrons. The molecule has 1 saturated heterocycles. The molecule has 0 amide bonds. The first-order valence-electron chi connectivity index (χ1n) is 12.4. The number of carbonyl (C=O) groups is 1. The van der Waals surface area contributed by atoms with Gasteiger partial charge in [-0.25, -0.2) is 0 Å². The number of fused-ring (bicyclic) bond motifs is 1. The van der Waals surface area contributed by atoms with Gasteiger partial charge in [0, 0.05) is 30.1 Å². The van der Waals surface area contributed by atoms with Crippen molar-refractivity contribution in [2.45, 2.75) is 62.2 Å². The van der Waals surface area contributed by atoms with E-state index in [0.717, 1.165) is 30.6 Å². The predicted octanol–water partition coefficient (Wildman–Crippen LogP) is 3.39. The zero-order valence-corrected chi connectivity index (χ0v) is 19.9. The lowest BCUT2D eigenvalue weighted by molar-refractivity contribution is -0.208. The standard InChI is InChI=1S/C29H31NO4/c1-17(2)15-30-11-10-28-23-18-8-9-21(33-3)24(23)34-26(28)25(31)27(16-29(28,32)22(30)12-18)13-19-6-4-5-7-20(19)14-27/h4-9,22,26,32H,1,10-16H2,2-3H3/t22?,26?,28-,29+/m0/s1. The van der Waals surface area contributed by atoms with Gasteiger partial charge < -0.3 is 14.6 Å². The average molecular weight is 458 g/mol. The number of hydrogen-bond donors (Lipinski definition) is 1. The van der Waals surface area contributed by atoms with E-state index in [1.807, 2.05) is 18.2 Å². The molecular formula is C29H31NO4. The number of Topliss-reactive ketones (excluding diaryl/α,β-unsaturated/α-hetero) is 1. The summed E-state index contributed by atoms with van der Waals surface area (Å²) < 4.78 is 12.3. The molecule has 3 aliphatic carbocycles. The van der Waals surface area contributed by atoms with Crippen molar-refractivity contribution in [2.24, 2.45) is 5.41 Å². The molecule has 2 bridgehead atoms. The third kappa shape index (κ3) is 2.26. The smallest absolute Gasteiger partial charge is 0.181 e. The number of nitrogens with zero attached hydrogens (tertiary/aromatic N) is 1. The number of rotatable bonds is 3. The number of aliphatic hydroxyl groups is 1. The van der Waals surface area contributed by atoms with Crippen LogP contribution in [0.1, 0.15) is 42.0 Å². The lowest BCUT2D eigenvalue weighted by Crippen LogP contribution is -2.79. The van der Waals surface area contributed by atoms with Crippen LogP contribution in [0.25, 0.3) is 0 Å². The predicted molar refractivity (Wildman–Crippen MR) is 128 cm³/mol. The molecule has 2 aromatic carbocycles. The molecule has 34 heavy (non-hydrogen) atoms. The topological polar surface area (TPSA) is 59.0 Å². The maximum absolute atomic E-state index is 14.4. The highest BCUT2D eigenvalue weighted by molar-refractivity contribution is 5.96. The third-order valence-corrected chi connectivity index (χ3v) is 9.55. The van der Waals surface area contributed by atoms with E-state index < -0.39 is 22.5 Å². The maximum atomic E-state index is 14.4. The molecule has 2 aliphatic heterocycles. The minimum Gasteiger partial charge on any atom is -0.493 e. The summed E-state index contributed by atoms with van der Waals surface area (Å²) in [6.45, 7) is 7.79. The van der Waals surface area contributed by atoms with Gasteiger partial charge in [0.2, 0.25) is 0 Å². The Kier molecular flexibility index (Phi) is 3.98. The molecule has 7 rings (SSSR count). The van der Waals surface area contributed by atoms with Crippen molar-refractivity contribution in [3.63, 3.8) is 0 Å². The Morgan fingerprint density at radius 1 is 1.21 bits per heavy atom. The first-order chi connectivity index (χ1) is 16.3. The van der Waals surface area contributed by atoms with E-state index in [1.165, 1.54) is 16.7 Å². The highest BCUT2D eigenvalue weighted by atomic mass is 16.5. The van der Waals surface area contributed by atoms with Crippen LogP contribution in [0.2, 0.25) is 0 Å². The van der Waals surface area contributed by atoms with Crippen molar-refractivity contribution >= 4 is 5.78 Å². The molecule has 5 nitrogen and oxygen atoms in total. The summed E-state index contributed by atoms with van der Waals surface area (Å²) >= 11 is 0. The second-order valence-corrected chi connectivity index (χ2v) is 11.4. The van der Waals surface area contributed by atoms with Crippen LogP contribution in [0.4, 0.5) is 0 Å². The summed E-state index contributed by atoms with van der Waals surface area (Å²) in [4.78, 5) is 16.8. The molecule has 1 saturated carbocycles. The Balaban J connectivity index is 1.45. The SMILES string of the molecule is C=C(C)CN1CC[C@]23c4c5ccc(OC)c4OC2C(=O)C2(Cc4ccccc4C2)C[C@@]3(O)C1C5. The van der Waals surface area contributed by atoms with Gasteiger partial charge in [-0.1, -0.05) is 42.5 Å². The van der Waals surface area contributed by atoms with E-state index in [1.54, 1.807) is 7.11 Å². The van der Waals surface area contributed by atoms with Crippen LogP contribution in [0.5, 0.6) is 11.5 Å². The third-order valence-electron chi connectivity index (χ3n) is 9.55. The summed E-state index contributed by atoms with van der Waals surface area (Å²) in [5, 5.41) is 12.9. The van der Waals surface area contributed by atoms with Gasteiger partial charge in [0.25, 0.3) is 0 Å². The van der Waals surface area contributed by atoms with Crippen molar-refractivity contribution in [2.75, 3.05) is 20.2 Å². The average Bonchev–Trinajstić information content (AvgIpc) is 3.34. The fraction of sp³-hybridized carbons (Fsp3) is 0.483. The van der Waals surface area contributed by atoms with Gasteiger partial charge in [0.05, 0.1) is 18.1 Å². The van der Waals surface area contributed by atoms with Gasteiger partial charge in [-0.05, 0) is 61.8 Å². The van der Waals surface area contributed by atoms with E-state index in [4.69, 9.17) is 9.47 Å². The molecule has 4 atom stereocenters. The molecular weight excluding hydrogens is 426 g/mol.